The quantitative estimate of drug-likeness (QED) is 0.636. The highest BCUT2D eigenvalue weighted by molar-refractivity contribution is 5.99. The molecule has 1 aromatic carbocycles. The maximum Gasteiger partial charge on any atom is 0.282 e. The van der Waals surface area contributed by atoms with Crippen LogP contribution in [0.15, 0.2) is 18.2 Å². The summed E-state index contributed by atoms with van der Waals surface area (Å²) in [6.45, 7) is 5.76. The van der Waals surface area contributed by atoms with E-state index in [4.69, 9.17) is 4.74 Å². The van der Waals surface area contributed by atoms with Gasteiger partial charge < -0.3 is 19.9 Å². The number of amides is 1. The summed E-state index contributed by atoms with van der Waals surface area (Å²) in [7, 11) is 2.06. The topological polar surface area (TPSA) is 88.0 Å². The number of nitrogens with one attached hydrogen (secondary N) is 1. The molecule has 142 valence electrons. The normalized spacial score (nSPS) is 22.2. The van der Waals surface area contributed by atoms with E-state index in [0.717, 1.165) is 25.9 Å². The number of nitrogens with zero attached hydrogens (tertiary/aromatic N) is 3. The van der Waals surface area contributed by atoms with E-state index < -0.39 is 4.92 Å². The van der Waals surface area contributed by atoms with Gasteiger partial charge in [0.15, 0.2) is 0 Å². The molecule has 8 heteroatoms. The predicted octanol–water partition coefficient (Wildman–Crippen LogP) is 1.96. The fourth-order valence-corrected chi connectivity index (χ4v) is 3.52. The molecule has 0 radical (unpaired) electrons. The van der Waals surface area contributed by atoms with Gasteiger partial charge in [-0.15, -0.1) is 0 Å². The maximum absolute atomic E-state index is 12.7. The first-order valence-electron chi connectivity index (χ1n) is 9.10. The number of carbonyl (C=O) groups is 1. The van der Waals surface area contributed by atoms with Crippen LogP contribution in [0.25, 0.3) is 0 Å². The van der Waals surface area contributed by atoms with Crippen LogP contribution in [0.1, 0.15) is 30.1 Å². The third kappa shape index (κ3) is 4.13. The van der Waals surface area contributed by atoms with E-state index in [1.165, 1.54) is 6.07 Å². The Hall–Kier alpha value is -2.19. The molecule has 0 aromatic heterocycles. The average Bonchev–Trinajstić information content (AvgIpc) is 3.15. The molecule has 0 bridgehead atoms. The van der Waals surface area contributed by atoms with Crippen LogP contribution in [0.5, 0.6) is 0 Å². The smallest absolute Gasteiger partial charge is 0.282 e. The summed E-state index contributed by atoms with van der Waals surface area (Å²) in [5.41, 5.74) is 0.701. The first kappa shape index (κ1) is 18.6. The Morgan fingerprint density at radius 1 is 1.35 bits per heavy atom. The molecular weight excluding hydrogens is 336 g/mol. The fourth-order valence-electron chi connectivity index (χ4n) is 3.52. The lowest BCUT2D eigenvalue weighted by molar-refractivity contribution is -0.385. The van der Waals surface area contributed by atoms with Crippen molar-refractivity contribution in [3.05, 3.63) is 33.9 Å². The summed E-state index contributed by atoms with van der Waals surface area (Å²) >= 11 is 0. The van der Waals surface area contributed by atoms with Gasteiger partial charge in [0.05, 0.1) is 23.7 Å². The third-order valence-electron chi connectivity index (χ3n) is 5.07. The van der Waals surface area contributed by atoms with Gasteiger partial charge >= 0.3 is 0 Å². The molecule has 1 N–H and O–H groups in total. The highest BCUT2D eigenvalue weighted by Crippen LogP contribution is 2.26. The fraction of sp³-hybridized carbons (Fsp3) is 0.611. The summed E-state index contributed by atoms with van der Waals surface area (Å²) in [4.78, 5) is 27.5. The van der Waals surface area contributed by atoms with E-state index in [9.17, 15) is 14.9 Å². The van der Waals surface area contributed by atoms with Crippen LogP contribution < -0.4 is 5.32 Å². The number of carbonyl (C=O) groups excluding carboxylic acids is 1. The molecule has 2 atom stereocenters. The molecule has 0 saturated carbocycles. The van der Waals surface area contributed by atoms with Crippen LogP contribution in [0.2, 0.25) is 0 Å². The van der Waals surface area contributed by atoms with E-state index in [2.05, 4.69) is 17.3 Å². The minimum Gasteiger partial charge on any atom is -0.380 e. The summed E-state index contributed by atoms with van der Waals surface area (Å²) in [5, 5.41) is 14.7. The predicted molar refractivity (Wildman–Crippen MR) is 98.6 cm³/mol. The number of hydrogen-bond acceptors (Lipinski definition) is 6. The minimum atomic E-state index is -0.490. The van der Waals surface area contributed by atoms with Crippen molar-refractivity contribution in [2.24, 2.45) is 0 Å². The number of likely N-dealkylation sites (tertiary alicyclic amines) is 1. The molecule has 2 aliphatic heterocycles. The van der Waals surface area contributed by atoms with Crippen molar-refractivity contribution in [3.8, 4) is 0 Å². The Morgan fingerprint density at radius 3 is 2.73 bits per heavy atom. The molecule has 2 aliphatic rings. The first-order chi connectivity index (χ1) is 12.5. The zero-order chi connectivity index (χ0) is 18.7. The van der Waals surface area contributed by atoms with Crippen LogP contribution in [-0.2, 0) is 4.74 Å². The molecule has 8 nitrogen and oxygen atoms in total. The Labute approximate surface area is 153 Å². The number of morpholine rings is 1. The molecule has 2 unspecified atom stereocenters. The number of nitro benzene ring substituents is 1. The van der Waals surface area contributed by atoms with Gasteiger partial charge in [-0.25, -0.2) is 0 Å². The van der Waals surface area contributed by atoms with Crippen LogP contribution in [0, 0.1) is 10.1 Å². The summed E-state index contributed by atoms with van der Waals surface area (Å²) < 4.78 is 5.82. The van der Waals surface area contributed by atoms with E-state index in [1.54, 1.807) is 17.0 Å². The molecule has 26 heavy (non-hydrogen) atoms. The van der Waals surface area contributed by atoms with Crippen molar-refractivity contribution < 1.29 is 14.5 Å². The molecule has 0 spiro atoms. The number of rotatable bonds is 5. The van der Waals surface area contributed by atoms with Crippen molar-refractivity contribution in [1.82, 2.24) is 9.80 Å². The largest absolute Gasteiger partial charge is 0.380 e. The van der Waals surface area contributed by atoms with Crippen molar-refractivity contribution in [3.63, 3.8) is 0 Å². The van der Waals surface area contributed by atoms with Crippen molar-refractivity contribution >= 4 is 17.3 Å². The standard InChI is InChI=1S/C18H26N4O4/c1-13(17-12-20(2)9-10-26-17)19-14-5-6-16(22(24)25)15(11-14)18(23)21-7-3-4-8-21/h5-6,11,13,17,19H,3-4,7-10,12H2,1-2H3. The first-order valence-corrected chi connectivity index (χ1v) is 9.10. The molecule has 2 fully saturated rings. The number of likely N-dealkylation sites (N-methyl/N-ethyl adjacent to an activating group) is 1. The van der Waals surface area contributed by atoms with Crippen molar-refractivity contribution in [1.29, 1.82) is 0 Å². The van der Waals surface area contributed by atoms with Gasteiger partial charge in [-0.05, 0) is 38.9 Å². The second-order valence-electron chi connectivity index (χ2n) is 7.09. The van der Waals surface area contributed by atoms with Gasteiger partial charge in [-0.1, -0.05) is 0 Å². The Kier molecular flexibility index (Phi) is 5.73. The zero-order valence-corrected chi connectivity index (χ0v) is 15.3. The summed E-state index contributed by atoms with van der Waals surface area (Å²) in [6.07, 6.45) is 1.92. The van der Waals surface area contributed by atoms with E-state index in [-0.39, 0.29) is 29.3 Å². The minimum absolute atomic E-state index is 0.0222. The van der Waals surface area contributed by atoms with Crippen LogP contribution in [0.4, 0.5) is 11.4 Å². The monoisotopic (exact) mass is 362 g/mol. The van der Waals surface area contributed by atoms with Crippen LogP contribution in [-0.4, -0.2) is 72.6 Å². The highest BCUT2D eigenvalue weighted by atomic mass is 16.6. The number of anilines is 1. The highest BCUT2D eigenvalue weighted by Gasteiger charge is 2.28. The van der Waals surface area contributed by atoms with Crippen molar-refractivity contribution in [2.45, 2.75) is 31.9 Å². The van der Waals surface area contributed by atoms with E-state index in [0.29, 0.717) is 25.4 Å². The van der Waals surface area contributed by atoms with Gasteiger partial charge in [-0.3, -0.25) is 14.9 Å². The zero-order valence-electron chi connectivity index (χ0n) is 15.3. The molecule has 2 saturated heterocycles. The lowest BCUT2D eigenvalue weighted by atomic mass is 10.1. The SMILES string of the molecule is CC(Nc1ccc([N+](=O)[O-])c(C(=O)N2CCCC2)c1)C1CN(C)CCO1. The van der Waals surface area contributed by atoms with E-state index in [1.807, 2.05) is 6.92 Å². The summed E-state index contributed by atoms with van der Waals surface area (Å²) in [5.74, 6) is -0.265. The van der Waals surface area contributed by atoms with E-state index >= 15 is 0 Å². The maximum atomic E-state index is 12.7. The number of ether oxygens (including phenoxy) is 1. The second kappa shape index (κ2) is 8.01. The summed E-state index contributed by atoms with van der Waals surface area (Å²) in [6, 6.07) is 4.68. The van der Waals surface area contributed by atoms with Gasteiger partial charge in [0.2, 0.25) is 0 Å². The molecule has 0 aliphatic carbocycles. The van der Waals surface area contributed by atoms with Gasteiger partial charge in [0, 0.05) is 37.9 Å². The lowest BCUT2D eigenvalue weighted by Gasteiger charge is -2.34. The van der Waals surface area contributed by atoms with Crippen LogP contribution in [0.3, 0.4) is 0 Å². The third-order valence-corrected chi connectivity index (χ3v) is 5.07. The Balaban J connectivity index is 1.78. The average molecular weight is 362 g/mol. The van der Waals surface area contributed by atoms with Gasteiger partial charge in [0.25, 0.3) is 11.6 Å². The molecule has 2 heterocycles. The second-order valence-corrected chi connectivity index (χ2v) is 7.09. The number of nitro groups is 1. The number of benzene rings is 1. The molecule has 3 rings (SSSR count). The van der Waals surface area contributed by atoms with Crippen molar-refractivity contribution in [2.75, 3.05) is 45.2 Å². The molecule has 1 aromatic rings. The van der Waals surface area contributed by atoms with Crippen LogP contribution >= 0.6 is 0 Å². The Bertz CT molecular complexity index is 675. The van der Waals surface area contributed by atoms with Gasteiger partial charge in [-0.2, -0.15) is 0 Å². The molecule has 1 amide bonds. The number of hydrogen-bond donors (Lipinski definition) is 1. The van der Waals surface area contributed by atoms with Gasteiger partial charge in [0.1, 0.15) is 5.56 Å². The lowest BCUT2D eigenvalue weighted by Crippen LogP contribution is -2.47. The molecular formula is C18H26N4O4. The Morgan fingerprint density at radius 2 is 2.08 bits per heavy atom.